The van der Waals surface area contributed by atoms with E-state index in [2.05, 4.69) is 12.5 Å². The molecular weight excluding hydrogens is 84.7 g/mol. The Morgan fingerprint density at radius 1 is 2.50 bits per heavy atom. The molecule has 2 radical (unpaired) electrons. The van der Waals surface area contributed by atoms with Gasteiger partial charge in [0.1, 0.15) is 0 Å². The first-order chi connectivity index (χ1) is 2.27. The van der Waals surface area contributed by atoms with Crippen LogP contribution in [0.3, 0.4) is 0 Å². The normalized spacial score (nSPS) is 12.8. The van der Waals surface area contributed by atoms with Crippen LogP contribution in [0.25, 0.3) is 0 Å². The zero-order valence-corrected chi connectivity index (χ0v) is 4.00. The van der Waals surface area contributed by atoms with Crippen molar-refractivity contribution in [1.29, 1.82) is 1.34 Å². The molecule has 1 atom stereocenters. The summed E-state index contributed by atoms with van der Waals surface area (Å²) in [5, 5.41) is 0. The molecule has 4 heavy (non-hydrogen) atoms. The fourth-order valence-corrected chi connectivity index (χ4v) is 0. The molecule has 0 aliphatic heterocycles. The highest BCUT2D eigenvalue weighted by atomic mass is 32.1. The van der Waals surface area contributed by atoms with Gasteiger partial charge in [-0.2, -0.15) is 8.34 Å². The van der Waals surface area contributed by atoms with Gasteiger partial charge in [-0.15, -0.1) is 0 Å². The van der Waals surface area contributed by atoms with Gasteiger partial charge in [-0.1, -0.05) is 0 Å². The van der Waals surface area contributed by atoms with Gasteiger partial charge in [-0.25, -0.2) is 12.5 Å². The van der Waals surface area contributed by atoms with Gasteiger partial charge in [-0.3, -0.25) is 0 Å². The lowest BCUT2D eigenvalue weighted by atomic mass is 10.7. The summed E-state index contributed by atoms with van der Waals surface area (Å²) in [5.74, 6) is 0. The predicted octanol–water partition coefficient (Wildman–Crippen LogP) is -0.0553. The molecule has 0 aromatic heterocycles. The minimum absolute atomic E-state index is 0.145. The van der Waals surface area contributed by atoms with Crippen molar-refractivity contribution in [1.82, 2.24) is 0 Å². The van der Waals surface area contributed by atoms with Gasteiger partial charge in [0.25, 0.3) is 0 Å². The second-order valence-electron chi connectivity index (χ2n) is 0.296. The molecule has 4 heteroatoms. The molecule has 1 unspecified atom stereocenters. The second kappa shape index (κ2) is 3.91. The summed E-state index contributed by atoms with van der Waals surface area (Å²) in [6, 6.07) is 0. The van der Waals surface area contributed by atoms with E-state index in [4.69, 9.17) is 8.90 Å². The van der Waals surface area contributed by atoms with Crippen LogP contribution in [0.4, 0.5) is 0 Å². The largest absolute Gasteiger partial charge is 0.226 e. The van der Waals surface area contributed by atoms with Gasteiger partial charge in [-0.05, 0) is 1.34 Å². The molecule has 0 rings (SSSR count). The smallest absolute Gasteiger partial charge is 0.203 e. The third kappa shape index (κ3) is 2.91. The first-order valence-electron chi connectivity index (χ1n) is 1.41. The Bertz CT molecular complexity index is 23.6. The first-order valence-corrected chi connectivity index (χ1v) is 2.51. The maximum Gasteiger partial charge on any atom is 0.203 e. The lowest BCUT2D eigenvalue weighted by Gasteiger charge is -1.64. The fourth-order valence-electron chi connectivity index (χ4n) is 0. The van der Waals surface area contributed by atoms with Gasteiger partial charge in [0.15, 0.2) is 0 Å². The van der Waals surface area contributed by atoms with Crippen LogP contribution in [-0.4, -0.2) is 15.1 Å². The van der Waals surface area contributed by atoms with Crippen molar-refractivity contribution in [3.8, 4) is 0 Å². The van der Waals surface area contributed by atoms with Crippen molar-refractivity contribution in [3.05, 3.63) is 0 Å². The topological polar surface area (TPSA) is 0 Å². The zero-order valence-electron chi connectivity index (χ0n) is 3.10. The summed E-state index contributed by atoms with van der Waals surface area (Å²) in [4.78, 5) is 0. The molecule has 0 saturated heterocycles. The van der Waals surface area contributed by atoms with Gasteiger partial charge >= 0.3 is 0 Å². The van der Waals surface area contributed by atoms with Crippen LogP contribution in [0, 0.1) is 0 Å². The molecule has 0 aromatic carbocycles. The summed E-state index contributed by atoms with van der Waals surface area (Å²) in [5.41, 5.74) is 0. The average Bonchev–Trinajstić information content (AvgIpc) is 1.38. The van der Waals surface area contributed by atoms with Crippen molar-refractivity contribution in [2.75, 3.05) is 0 Å². The van der Waals surface area contributed by atoms with Gasteiger partial charge < -0.3 is 0 Å². The van der Waals surface area contributed by atoms with Gasteiger partial charge in [0.2, 0.25) is 6.24 Å². The highest BCUT2D eigenvalue weighted by Crippen LogP contribution is 1.94. The van der Waals surface area contributed by atoms with Crippen molar-refractivity contribution in [2.24, 2.45) is 0 Å². The molecule has 0 amide bonds. The molecule has 0 spiro atoms. The van der Waals surface area contributed by atoms with E-state index in [0.29, 0.717) is 0 Å². The quantitative estimate of drug-likeness (QED) is 0.260. The molecule has 0 saturated carbocycles. The number of hydrogen-bond donors (Lipinski definition) is 1. The van der Waals surface area contributed by atoms with Crippen LogP contribution in [0.2, 0.25) is 0 Å². The van der Waals surface area contributed by atoms with Crippen LogP contribution < -0.4 is 0 Å². The summed E-state index contributed by atoms with van der Waals surface area (Å²) in [7, 11) is 5.08. The second-order valence-corrected chi connectivity index (χ2v) is 1.66. The molecule has 0 heterocycles. The van der Waals surface area contributed by atoms with E-state index >= 15 is 0 Å². The highest BCUT2D eigenvalue weighted by molar-refractivity contribution is 8.27. The van der Waals surface area contributed by atoms with E-state index < -0.39 is 0 Å². The molecular formula is H3B2PS. The van der Waals surface area contributed by atoms with E-state index in [-0.39, 0.29) is 14.6 Å². The van der Waals surface area contributed by atoms with E-state index in [1.807, 2.05) is 0 Å². The van der Waals surface area contributed by atoms with E-state index in [0.717, 1.165) is 0 Å². The minimum atomic E-state index is -0.366. The lowest BCUT2D eigenvalue weighted by molar-refractivity contribution is 4.67. The minimum Gasteiger partial charge on any atom is -0.226 e. The average molecular weight is 89.7 g/mol. The van der Waals surface area contributed by atoms with Gasteiger partial charge in [0.05, 0.1) is 7.57 Å². The first kappa shape index (κ1) is 3.11. The fraction of sp³-hybridized carbons (Fsp3) is 0. The van der Waals surface area contributed by atoms with Crippen LogP contribution >= 0.6 is 20.8 Å². The van der Waals surface area contributed by atoms with E-state index in [1.54, 1.807) is 0 Å². The molecule has 0 fully saturated rings. The number of hydrogen-bond acceptors (Lipinski definition) is 1. The summed E-state index contributed by atoms with van der Waals surface area (Å²) in [6.07, 6.45) is -0.366. The molecule has 0 aromatic rings. The molecule has 0 aliphatic carbocycles. The van der Waals surface area contributed by atoms with E-state index in [9.17, 15) is 0 Å². The lowest BCUT2D eigenvalue weighted by Crippen LogP contribution is -1.51. The Hall–Kier alpha value is 0.910. The Labute approximate surface area is 36.8 Å². The standard InChI is InChI=1S/B2H3PS/c1-3-2-4/h2-4H/i2T. The molecule has 0 aliphatic rings. The summed E-state index contributed by atoms with van der Waals surface area (Å²) in [6.45, 7) is 0. The molecule has 20 valence electrons. The Morgan fingerprint density at radius 3 is 2.75 bits per heavy atom. The van der Waals surface area contributed by atoms with Crippen LogP contribution in [0.15, 0.2) is 0 Å². The van der Waals surface area contributed by atoms with Crippen molar-refractivity contribution in [2.45, 2.75) is 0 Å². The van der Waals surface area contributed by atoms with Crippen LogP contribution in [0.1, 0.15) is 0 Å². The van der Waals surface area contributed by atoms with Gasteiger partial charge in [0, 0.05) is 0 Å². The monoisotopic (exact) mass is 90.0 g/mol. The van der Waals surface area contributed by atoms with E-state index in [1.165, 1.54) is 0 Å². The van der Waals surface area contributed by atoms with Crippen molar-refractivity contribution in [3.63, 3.8) is 0 Å². The molecule has 0 bridgehead atoms. The Morgan fingerprint density at radius 2 is 2.75 bits per heavy atom. The van der Waals surface area contributed by atoms with Crippen molar-refractivity contribution < 1.29 is 0 Å². The SMILES string of the molecule is [3H]B(S)P[B]. The predicted molar refractivity (Wildman–Crippen MR) is 30.2 cm³/mol. The number of rotatable bonds is 1. The molecule has 0 N–H and O–H groups in total. The van der Waals surface area contributed by atoms with Crippen molar-refractivity contribution >= 4 is 34.6 Å². The summed E-state index contributed by atoms with van der Waals surface area (Å²) >= 11 is 3.65. The maximum absolute atomic E-state index is 6.58. The summed E-state index contributed by atoms with van der Waals surface area (Å²) < 4.78 is 6.58. The Balaban J connectivity index is 2.54. The molecule has 0 nitrogen and oxygen atoms in total. The highest BCUT2D eigenvalue weighted by Gasteiger charge is 1.62. The Kier molecular flexibility index (Phi) is 3.04. The zero-order chi connectivity index (χ0) is 4.28. The number of thiol groups is 1. The third-order valence-electron chi connectivity index (χ3n) is 0.0745. The van der Waals surface area contributed by atoms with Crippen LogP contribution in [0.5, 0.6) is 0 Å². The van der Waals surface area contributed by atoms with Crippen LogP contribution in [-0.2, 0) is 0 Å². The third-order valence-corrected chi connectivity index (χ3v) is 0.671. The maximum atomic E-state index is 6.58.